The summed E-state index contributed by atoms with van der Waals surface area (Å²) in [5.74, 6) is 1.51. The second kappa shape index (κ2) is 7.16. The quantitative estimate of drug-likeness (QED) is 0.856. The summed E-state index contributed by atoms with van der Waals surface area (Å²) in [5.41, 5.74) is 0. The number of nitrogens with one attached hydrogen (secondary N) is 1. The molecule has 1 aromatic heterocycles. The number of amides is 2. The molecule has 0 aliphatic rings. The van der Waals surface area contributed by atoms with Crippen LogP contribution >= 0.6 is 0 Å². The number of hydrogen-bond acceptors (Lipinski definition) is 2. The van der Waals surface area contributed by atoms with Crippen molar-refractivity contribution in [3.8, 4) is 0 Å². The van der Waals surface area contributed by atoms with E-state index in [0.717, 1.165) is 25.2 Å². The van der Waals surface area contributed by atoms with Gasteiger partial charge < -0.3 is 14.8 Å². The van der Waals surface area contributed by atoms with E-state index in [4.69, 9.17) is 0 Å². The molecule has 0 fully saturated rings. The van der Waals surface area contributed by atoms with Crippen molar-refractivity contribution in [3.63, 3.8) is 0 Å². The molecule has 1 atom stereocenters. The van der Waals surface area contributed by atoms with Crippen molar-refractivity contribution in [1.29, 1.82) is 0 Å². The molecular formula is C14H26N4O. The second-order valence-electron chi connectivity index (χ2n) is 5.46. The van der Waals surface area contributed by atoms with E-state index >= 15 is 0 Å². The smallest absolute Gasteiger partial charge is 0.317 e. The number of nitrogens with zero attached hydrogens (tertiary/aromatic N) is 3. The lowest BCUT2D eigenvalue weighted by Gasteiger charge is -2.23. The van der Waals surface area contributed by atoms with Gasteiger partial charge in [0.2, 0.25) is 0 Å². The Balaban J connectivity index is 2.29. The summed E-state index contributed by atoms with van der Waals surface area (Å²) in [4.78, 5) is 17.9. The predicted octanol–water partition coefficient (Wildman–Crippen LogP) is 2.04. The molecule has 1 N–H and O–H groups in total. The molecule has 0 aromatic carbocycles. The van der Waals surface area contributed by atoms with Gasteiger partial charge in [0.25, 0.3) is 0 Å². The molecule has 19 heavy (non-hydrogen) atoms. The van der Waals surface area contributed by atoms with Gasteiger partial charge in [-0.05, 0) is 19.3 Å². The highest BCUT2D eigenvalue weighted by Gasteiger charge is 2.14. The van der Waals surface area contributed by atoms with Gasteiger partial charge in [-0.1, -0.05) is 13.8 Å². The highest BCUT2D eigenvalue weighted by Crippen LogP contribution is 2.03. The SMILES string of the molecule is CC(C)[C@H](C)NC(=O)N(C)CCCc1nccn1C. The van der Waals surface area contributed by atoms with Crippen LogP contribution in [-0.2, 0) is 13.5 Å². The molecule has 108 valence electrons. The summed E-state index contributed by atoms with van der Waals surface area (Å²) in [7, 11) is 3.82. The fraction of sp³-hybridized carbons (Fsp3) is 0.714. The van der Waals surface area contributed by atoms with Crippen molar-refractivity contribution in [2.75, 3.05) is 13.6 Å². The van der Waals surface area contributed by atoms with E-state index in [2.05, 4.69) is 24.1 Å². The molecule has 5 heteroatoms. The van der Waals surface area contributed by atoms with Crippen LogP contribution in [0.4, 0.5) is 4.79 Å². The number of hydrogen-bond donors (Lipinski definition) is 1. The van der Waals surface area contributed by atoms with Crippen LogP contribution < -0.4 is 5.32 Å². The topological polar surface area (TPSA) is 50.2 Å². The number of carbonyl (C=O) groups is 1. The normalized spacial score (nSPS) is 12.5. The summed E-state index contributed by atoms with van der Waals surface area (Å²) in [6.45, 7) is 6.98. The van der Waals surface area contributed by atoms with Gasteiger partial charge in [-0.25, -0.2) is 9.78 Å². The zero-order valence-corrected chi connectivity index (χ0v) is 12.7. The van der Waals surface area contributed by atoms with Gasteiger partial charge in [-0.2, -0.15) is 0 Å². The van der Waals surface area contributed by atoms with Crippen LogP contribution in [0.1, 0.15) is 33.0 Å². The fourth-order valence-electron chi connectivity index (χ4n) is 1.68. The zero-order valence-electron chi connectivity index (χ0n) is 12.7. The Morgan fingerprint density at radius 2 is 2.16 bits per heavy atom. The van der Waals surface area contributed by atoms with E-state index < -0.39 is 0 Å². The van der Waals surface area contributed by atoms with Gasteiger partial charge in [-0.3, -0.25) is 0 Å². The van der Waals surface area contributed by atoms with Gasteiger partial charge in [-0.15, -0.1) is 0 Å². The number of aryl methyl sites for hydroxylation is 2. The van der Waals surface area contributed by atoms with Crippen molar-refractivity contribution >= 4 is 6.03 Å². The maximum Gasteiger partial charge on any atom is 0.317 e. The van der Waals surface area contributed by atoms with Crippen LogP contribution in [-0.4, -0.2) is 40.1 Å². The molecule has 1 rings (SSSR count). The molecule has 0 spiro atoms. The molecule has 1 heterocycles. The predicted molar refractivity (Wildman–Crippen MR) is 77.0 cm³/mol. The van der Waals surface area contributed by atoms with Gasteiger partial charge >= 0.3 is 6.03 Å². The number of urea groups is 1. The van der Waals surface area contributed by atoms with Crippen LogP contribution in [0.25, 0.3) is 0 Å². The maximum absolute atomic E-state index is 11.9. The Labute approximate surface area is 116 Å². The molecule has 2 amide bonds. The average molecular weight is 266 g/mol. The first-order valence-electron chi connectivity index (χ1n) is 6.89. The Kier molecular flexibility index (Phi) is 5.86. The van der Waals surface area contributed by atoms with E-state index in [1.165, 1.54) is 0 Å². The largest absolute Gasteiger partial charge is 0.338 e. The van der Waals surface area contributed by atoms with Crippen LogP contribution in [0.3, 0.4) is 0 Å². The van der Waals surface area contributed by atoms with Crippen molar-refractivity contribution in [2.45, 2.75) is 39.7 Å². The van der Waals surface area contributed by atoms with E-state index in [1.54, 1.807) is 11.1 Å². The first-order valence-corrected chi connectivity index (χ1v) is 6.89. The van der Waals surface area contributed by atoms with Crippen LogP contribution in [0.15, 0.2) is 12.4 Å². The van der Waals surface area contributed by atoms with Gasteiger partial charge in [0, 0.05) is 45.5 Å². The number of imidazole rings is 1. The van der Waals surface area contributed by atoms with E-state index in [0.29, 0.717) is 5.92 Å². The van der Waals surface area contributed by atoms with E-state index in [1.807, 2.05) is 31.8 Å². The molecule has 5 nitrogen and oxygen atoms in total. The summed E-state index contributed by atoms with van der Waals surface area (Å²) in [6, 6.07) is 0.200. The standard InChI is InChI=1S/C14H26N4O/c1-11(2)12(3)16-14(19)18(5)9-6-7-13-15-8-10-17(13)4/h8,10-12H,6-7,9H2,1-5H3,(H,16,19)/t12-/m0/s1. The maximum atomic E-state index is 11.9. The van der Waals surface area contributed by atoms with Crippen molar-refractivity contribution < 1.29 is 4.79 Å². The van der Waals surface area contributed by atoms with E-state index in [-0.39, 0.29) is 12.1 Å². The Morgan fingerprint density at radius 1 is 1.47 bits per heavy atom. The van der Waals surface area contributed by atoms with Crippen molar-refractivity contribution in [2.24, 2.45) is 13.0 Å². The summed E-state index contributed by atoms with van der Waals surface area (Å²) >= 11 is 0. The lowest BCUT2D eigenvalue weighted by Crippen LogP contribution is -2.44. The van der Waals surface area contributed by atoms with Crippen LogP contribution in [0.5, 0.6) is 0 Å². The molecule has 0 aliphatic heterocycles. The molecular weight excluding hydrogens is 240 g/mol. The van der Waals surface area contributed by atoms with Crippen LogP contribution in [0.2, 0.25) is 0 Å². The first-order chi connectivity index (χ1) is 8.91. The van der Waals surface area contributed by atoms with Crippen molar-refractivity contribution in [3.05, 3.63) is 18.2 Å². The third-order valence-electron chi connectivity index (χ3n) is 3.51. The Bertz CT molecular complexity index is 400. The molecule has 0 radical (unpaired) electrons. The number of aromatic nitrogens is 2. The van der Waals surface area contributed by atoms with Gasteiger partial charge in [0.1, 0.15) is 5.82 Å². The highest BCUT2D eigenvalue weighted by atomic mass is 16.2. The fourth-order valence-corrected chi connectivity index (χ4v) is 1.68. The van der Waals surface area contributed by atoms with Gasteiger partial charge in [0.05, 0.1) is 0 Å². The third kappa shape index (κ3) is 4.93. The Hall–Kier alpha value is -1.52. The first kappa shape index (κ1) is 15.5. The minimum absolute atomic E-state index is 0.000963. The molecule has 0 saturated heterocycles. The lowest BCUT2D eigenvalue weighted by atomic mass is 10.1. The molecule has 0 aliphatic carbocycles. The molecule has 0 saturated carbocycles. The monoisotopic (exact) mass is 266 g/mol. The number of rotatable bonds is 6. The minimum Gasteiger partial charge on any atom is -0.338 e. The third-order valence-corrected chi connectivity index (χ3v) is 3.51. The lowest BCUT2D eigenvalue weighted by molar-refractivity contribution is 0.201. The second-order valence-corrected chi connectivity index (χ2v) is 5.46. The molecule has 0 bridgehead atoms. The summed E-state index contributed by atoms with van der Waals surface area (Å²) in [6.07, 6.45) is 5.55. The highest BCUT2D eigenvalue weighted by molar-refractivity contribution is 5.74. The number of carbonyl (C=O) groups excluding carboxylic acids is 1. The molecule has 0 unspecified atom stereocenters. The summed E-state index contributed by atoms with van der Waals surface area (Å²) < 4.78 is 2.01. The summed E-state index contributed by atoms with van der Waals surface area (Å²) in [5, 5.41) is 3.00. The Morgan fingerprint density at radius 3 is 2.68 bits per heavy atom. The zero-order chi connectivity index (χ0) is 14.4. The van der Waals surface area contributed by atoms with Crippen molar-refractivity contribution in [1.82, 2.24) is 19.8 Å². The average Bonchev–Trinajstić information content (AvgIpc) is 2.74. The van der Waals surface area contributed by atoms with Crippen LogP contribution in [0, 0.1) is 5.92 Å². The van der Waals surface area contributed by atoms with Gasteiger partial charge in [0.15, 0.2) is 0 Å². The minimum atomic E-state index is 0.000963. The molecule has 1 aromatic rings. The van der Waals surface area contributed by atoms with E-state index in [9.17, 15) is 4.79 Å².